The van der Waals surface area contributed by atoms with E-state index in [-0.39, 0.29) is 43.3 Å². The van der Waals surface area contributed by atoms with Crippen molar-refractivity contribution in [3.05, 3.63) is 76.8 Å². The maximum absolute atomic E-state index is 13.2. The molecule has 2 amide bonds. The molecule has 0 radical (unpaired) electrons. The van der Waals surface area contributed by atoms with Crippen molar-refractivity contribution in [3.8, 4) is 5.75 Å². The molecule has 7 atom stereocenters. The van der Waals surface area contributed by atoms with Gasteiger partial charge in [0.25, 0.3) is 0 Å². The third kappa shape index (κ3) is 11.8. The molecule has 1 fully saturated rings. The average molecular weight is 671 g/mol. The number of amides is 2. The minimum atomic E-state index is -0.955. The van der Waals surface area contributed by atoms with Crippen LogP contribution in [0.4, 0.5) is 0 Å². The number of methoxy groups -OCH3 is 2. The number of carbonyl (C=O) groups excluding carboxylic acids is 4. The lowest BCUT2D eigenvalue weighted by molar-refractivity contribution is -0.164. The number of hydrogen-bond donors (Lipinski definition) is 2. The minimum Gasteiger partial charge on any atom is -0.495 e. The zero-order valence-corrected chi connectivity index (χ0v) is 28.7. The molecule has 2 aromatic rings. The number of aldehydes is 1. The summed E-state index contributed by atoms with van der Waals surface area (Å²) in [6, 6.07) is 13.6. The summed E-state index contributed by atoms with van der Waals surface area (Å²) >= 11 is 6.29. The number of carbonyl (C=O) groups is 4. The second-order valence-corrected chi connectivity index (χ2v) is 12.7. The fourth-order valence-electron chi connectivity index (χ4n) is 5.32. The Bertz CT molecular complexity index is 1370. The number of halogens is 1. The van der Waals surface area contributed by atoms with Crippen molar-refractivity contribution in [3.63, 3.8) is 0 Å². The molecule has 47 heavy (non-hydrogen) atoms. The first kappa shape index (κ1) is 37.7. The maximum Gasteiger partial charge on any atom is 0.335 e. The molecule has 1 aliphatic heterocycles. The number of nitrogens with one attached hydrogen (secondary N) is 2. The van der Waals surface area contributed by atoms with Crippen LogP contribution >= 0.6 is 11.6 Å². The molecule has 0 spiro atoms. The summed E-state index contributed by atoms with van der Waals surface area (Å²) in [6.07, 6.45) is 3.12. The third-order valence-electron chi connectivity index (χ3n) is 8.02. The summed E-state index contributed by atoms with van der Waals surface area (Å²) in [7, 11) is 2.99. The number of benzene rings is 2. The second kappa shape index (κ2) is 18.6. The van der Waals surface area contributed by atoms with Gasteiger partial charge in [-0.2, -0.15) is 0 Å². The summed E-state index contributed by atoms with van der Waals surface area (Å²) in [5, 5.41) is 5.91. The number of rotatable bonds is 19. The van der Waals surface area contributed by atoms with E-state index in [0.29, 0.717) is 22.8 Å². The first-order valence-corrected chi connectivity index (χ1v) is 16.3. The fourth-order valence-corrected chi connectivity index (χ4v) is 5.60. The zero-order chi connectivity index (χ0) is 34.5. The molecule has 1 aliphatic rings. The van der Waals surface area contributed by atoms with E-state index in [4.69, 9.17) is 30.5 Å². The molecule has 10 nitrogen and oxygen atoms in total. The molecular formula is C36H47ClN2O8. The van der Waals surface area contributed by atoms with Gasteiger partial charge < -0.3 is 34.4 Å². The molecular weight excluding hydrogens is 624 g/mol. The zero-order valence-electron chi connectivity index (χ0n) is 27.9. The second-order valence-electron chi connectivity index (χ2n) is 12.3. The van der Waals surface area contributed by atoms with Gasteiger partial charge in [-0.3, -0.25) is 9.59 Å². The average Bonchev–Trinajstić information content (AvgIpc) is 3.84. The van der Waals surface area contributed by atoms with Crippen molar-refractivity contribution in [2.45, 2.75) is 89.9 Å². The Labute approximate surface area is 282 Å². The number of ether oxygens (including phenoxy) is 4. The minimum absolute atomic E-state index is 0.110. The molecule has 2 aromatic carbocycles. The van der Waals surface area contributed by atoms with E-state index in [1.807, 2.05) is 51.1 Å². The summed E-state index contributed by atoms with van der Waals surface area (Å²) < 4.78 is 22.6. The van der Waals surface area contributed by atoms with Crippen LogP contribution in [0.25, 0.3) is 0 Å². The molecule has 0 aliphatic carbocycles. The monoisotopic (exact) mass is 670 g/mol. The van der Waals surface area contributed by atoms with Crippen LogP contribution in [-0.2, 0) is 39.8 Å². The van der Waals surface area contributed by atoms with E-state index >= 15 is 0 Å². The van der Waals surface area contributed by atoms with E-state index in [1.54, 1.807) is 31.2 Å². The van der Waals surface area contributed by atoms with Gasteiger partial charge in [0.15, 0.2) is 6.10 Å². The van der Waals surface area contributed by atoms with Crippen molar-refractivity contribution in [1.82, 2.24) is 10.6 Å². The predicted octanol–water partition coefficient (Wildman–Crippen LogP) is 5.17. The normalized spacial score (nSPS) is 18.9. The van der Waals surface area contributed by atoms with E-state index < -0.39 is 42.1 Å². The summed E-state index contributed by atoms with van der Waals surface area (Å²) in [5.41, 5.74) is 1.75. The Morgan fingerprint density at radius 2 is 1.72 bits per heavy atom. The highest BCUT2D eigenvalue weighted by molar-refractivity contribution is 6.32. The van der Waals surface area contributed by atoms with Gasteiger partial charge in [-0.15, -0.1) is 0 Å². The van der Waals surface area contributed by atoms with Crippen molar-refractivity contribution in [2.75, 3.05) is 14.2 Å². The highest BCUT2D eigenvalue weighted by Gasteiger charge is 2.47. The van der Waals surface area contributed by atoms with Gasteiger partial charge in [-0.05, 0) is 48.6 Å². The first-order valence-electron chi connectivity index (χ1n) is 15.9. The van der Waals surface area contributed by atoms with Crippen LogP contribution in [0.2, 0.25) is 5.02 Å². The number of hydrogen-bond acceptors (Lipinski definition) is 8. The fraction of sp³-hybridized carbons (Fsp3) is 0.500. The Hall–Kier alpha value is -3.73. The molecule has 2 N–H and O–H groups in total. The van der Waals surface area contributed by atoms with E-state index in [9.17, 15) is 19.2 Å². The molecule has 11 heteroatoms. The van der Waals surface area contributed by atoms with Crippen LogP contribution in [0.1, 0.15) is 64.2 Å². The molecule has 256 valence electrons. The smallest absolute Gasteiger partial charge is 0.335 e. The van der Waals surface area contributed by atoms with Crippen LogP contribution in [0.5, 0.6) is 5.75 Å². The third-order valence-corrected chi connectivity index (χ3v) is 8.32. The van der Waals surface area contributed by atoms with Crippen LogP contribution < -0.4 is 15.4 Å². The van der Waals surface area contributed by atoms with Crippen LogP contribution in [0, 0.1) is 11.8 Å². The highest BCUT2D eigenvalue weighted by atomic mass is 35.5. The van der Waals surface area contributed by atoms with Crippen LogP contribution in [-0.4, -0.2) is 68.7 Å². The standard InChI is InChI=1S/C36H47ClN2O8/c1-22(2)19-31(45-6)36(43)46-29(24(4)33-34(47-33)26-11-8-7-9-12-26)13-10-14-32(41)39-28(35(42)38-23(3)17-18-40)21-25-15-16-30(44-5)27(37)20-25/h7-12,14-16,18,20,22-24,28-29,31,33-34H,13,17,19,21H2,1-6H3,(H,38,42)(H,39,41)/b14-10+. The van der Waals surface area contributed by atoms with Gasteiger partial charge in [0.2, 0.25) is 11.8 Å². The first-order chi connectivity index (χ1) is 22.5. The van der Waals surface area contributed by atoms with Crippen molar-refractivity contribution in [1.29, 1.82) is 0 Å². The van der Waals surface area contributed by atoms with Gasteiger partial charge >= 0.3 is 5.97 Å². The highest BCUT2D eigenvalue weighted by Crippen LogP contribution is 2.45. The molecule has 1 heterocycles. The lowest BCUT2D eigenvalue weighted by Crippen LogP contribution is -2.50. The van der Waals surface area contributed by atoms with Gasteiger partial charge in [-0.25, -0.2) is 4.79 Å². The number of epoxide rings is 1. The largest absolute Gasteiger partial charge is 0.495 e. The van der Waals surface area contributed by atoms with Crippen molar-refractivity contribution < 1.29 is 38.1 Å². The quantitative estimate of drug-likeness (QED) is 0.0906. The van der Waals surface area contributed by atoms with Gasteiger partial charge in [-0.1, -0.05) is 74.8 Å². The van der Waals surface area contributed by atoms with Crippen LogP contribution in [0.3, 0.4) is 0 Å². The summed E-state index contributed by atoms with van der Waals surface area (Å²) in [5.74, 6) is -0.896. The molecule has 1 saturated heterocycles. The summed E-state index contributed by atoms with van der Waals surface area (Å²) in [6.45, 7) is 7.68. The van der Waals surface area contributed by atoms with Crippen molar-refractivity contribution in [2.24, 2.45) is 11.8 Å². The Morgan fingerprint density at radius 1 is 1.00 bits per heavy atom. The van der Waals surface area contributed by atoms with Gasteiger partial charge in [0.05, 0.1) is 18.2 Å². The Kier molecular flexibility index (Phi) is 14.9. The molecule has 0 aromatic heterocycles. The van der Waals surface area contributed by atoms with Crippen LogP contribution in [0.15, 0.2) is 60.7 Å². The van der Waals surface area contributed by atoms with E-state index in [1.165, 1.54) is 20.3 Å². The Morgan fingerprint density at radius 3 is 2.34 bits per heavy atom. The van der Waals surface area contributed by atoms with Crippen molar-refractivity contribution >= 4 is 35.7 Å². The van der Waals surface area contributed by atoms with Gasteiger partial charge in [0.1, 0.15) is 30.3 Å². The van der Waals surface area contributed by atoms with Gasteiger partial charge in [0, 0.05) is 38.3 Å². The summed E-state index contributed by atoms with van der Waals surface area (Å²) in [4.78, 5) is 50.4. The maximum atomic E-state index is 13.2. The molecule has 0 bridgehead atoms. The van der Waals surface area contributed by atoms with E-state index in [2.05, 4.69) is 10.6 Å². The molecule has 3 rings (SSSR count). The SMILES string of the molecule is COc1ccc(CC(NC(=O)/C=C/CC(OC(=O)C(CC(C)C)OC)C(C)C2OC2c2ccccc2)C(=O)NC(C)CC=O)cc1Cl. The van der Waals surface area contributed by atoms with E-state index in [0.717, 1.165) is 11.8 Å². The molecule has 7 unspecified atom stereocenters. The lowest BCUT2D eigenvalue weighted by Gasteiger charge is -2.25. The Balaban J connectivity index is 1.74. The predicted molar refractivity (Wildman–Crippen MR) is 179 cm³/mol. The number of esters is 1. The topological polar surface area (TPSA) is 133 Å². The molecule has 0 saturated carbocycles. The lowest BCUT2D eigenvalue weighted by atomic mass is 9.93.